The van der Waals surface area contributed by atoms with Crippen molar-refractivity contribution in [1.82, 2.24) is 5.32 Å². The highest BCUT2D eigenvalue weighted by molar-refractivity contribution is 5.99. The summed E-state index contributed by atoms with van der Waals surface area (Å²) in [4.78, 5) is 12.3. The highest BCUT2D eigenvalue weighted by Crippen LogP contribution is 2.44. The average Bonchev–Trinajstić information content (AvgIpc) is 3.01. The van der Waals surface area contributed by atoms with Gasteiger partial charge in [-0.2, -0.15) is 0 Å². The molecule has 4 unspecified atom stereocenters. The van der Waals surface area contributed by atoms with Gasteiger partial charge in [-0.3, -0.25) is 4.79 Å². The lowest BCUT2D eigenvalue weighted by Crippen LogP contribution is -2.43. The third-order valence-electron chi connectivity index (χ3n) is 4.65. The van der Waals surface area contributed by atoms with Crippen molar-refractivity contribution in [3.63, 3.8) is 0 Å². The van der Waals surface area contributed by atoms with E-state index in [1.807, 2.05) is 37.3 Å². The highest BCUT2D eigenvalue weighted by atomic mass is 16.1. The molecular weight excluding hydrogens is 222 g/mol. The molecule has 0 aliphatic heterocycles. The van der Waals surface area contributed by atoms with Crippen molar-refractivity contribution < 1.29 is 4.79 Å². The fraction of sp³-hybridized carbons (Fsp3) is 0.562. The number of nitrogens with one attached hydrogen (secondary N) is 1. The first-order valence-electron chi connectivity index (χ1n) is 7.09. The molecule has 1 aromatic carbocycles. The third kappa shape index (κ3) is 2.22. The Hall–Kier alpha value is -1.15. The number of hydrogen-bond donors (Lipinski definition) is 1. The maximum absolute atomic E-state index is 12.3. The normalized spacial score (nSPS) is 31.5. The van der Waals surface area contributed by atoms with Crippen LogP contribution in [0.25, 0.3) is 0 Å². The van der Waals surface area contributed by atoms with Gasteiger partial charge >= 0.3 is 0 Å². The molecule has 2 saturated carbocycles. The molecule has 1 aromatic rings. The Morgan fingerprint density at radius 1 is 1.22 bits per heavy atom. The van der Waals surface area contributed by atoms with Crippen LogP contribution in [-0.2, 0) is 0 Å². The van der Waals surface area contributed by atoms with Gasteiger partial charge in [0.15, 0.2) is 5.78 Å². The van der Waals surface area contributed by atoms with Crippen LogP contribution in [0.3, 0.4) is 0 Å². The van der Waals surface area contributed by atoms with Crippen LogP contribution in [0.4, 0.5) is 0 Å². The zero-order chi connectivity index (χ0) is 12.5. The number of carbonyl (C=O) groups excluding carboxylic acids is 1. The first kappa shape index (κ1) is 11.9. The summed E-state index contributed by atoms with van der Waals surface area (Å²) < 4.78 is 0. The van der Waals surface area contributed by atoms with Gasteiger partial charge in [0.2, 0.25) is 0 Å². The molecular formula is C16H21NO. The predicted molar refractivity (Wildman–Crippen MR) is 72.6 cm³/mol. The van der Waals surface area contributed by atoms with Crippen LogP contribution in [0.2, 0.25) is 0 Å². The van der Waals surface area contributed by atoms with Crippen LogP contribution in [0.1, 0.15) is 43.0 Å². The van der Waals surface area contributed by atoms with E-state index < -0.39 is 0 Å². The maximum atomic E-state index is 12.3. The number of hydrogen-bond acceptors (Lipinski definition) is 2. The molecule has 2 nitrogen and oxygen atoms in total. The van der Waals surface area contributed by atoms with Gasteiger partial charge in [-0.15, -0.1) is 0 Å². The molecule has 1 N–H and O–H groups in total. The number of carbonyl (C=O) groups is 1. The summed E-state index contributed by atoms with van der Waals surface area (Å²) in [6.45, 7) is 2.00. The molecule has 2 aliphatic rings. The SMILES string of the molecule is CC(NC1CC2CCC1C2)C(=O)c1ccccc1. The average molecular weight is 243 g/mol. The fourth-order valence-corrected chi connectivity index (χ4v) is 3.70. The summed E-state index contributed by atoms with van der Waals surface area (Å²) in [5.41, 5.74) is 0.820. The van der Waals surface area contributed by atoms with Crippen molar-refractivity contribution >= 4 is 5.78 Å². The van der Waals surface area contributed by atoms with E-state index in [4.69, 9.17) is 0 Å². The molecule has 18 heavy (non-hydrogen) atoms. The molecule has 0 spiro atoms. The minimum atomic E-state index is -0.0586. The summed E-state index contributed by atoms with van der Waals surface area (Å²) >= 11 is 0. The second-order valence-electron chi connectivity index (χ2n) is 5.90. The number of rotatable bonds is 4. The quantitative estimate of drug-likeness (QED) is 0.824. The fourth-order valence-electron chi connectivity index (χ4n) is 3.70. The van der Waals surface area contributed by atoms with Crippen LogP contribution in [-0.4, -0.2) is 17.9 Å². The topological polar surface area (TPSA) is 29.1 Å². The summed E-state index contributed by atoms with van der Waals surface area (Å²) in [6.07, 6.45) is 5.42. The van der Waals surface area contributed by atoms with Gasteiger partial charge in [0, 0.05) is 11.6 Å². The van der Waals surface area contributed by atoms with Gasteiger partial charge in [-0.25, -0.2) is 0 Å². The van der Waals surface area contributed by atoms with Crippen molar-refractivity contribution in [2.45, 2.75) is 44.7 Å². The van der Waals surface area contributed by atoms with Crippen molar-refractivity contribution in [3.05, 3.63) is 35.9 Å². The van der Waals surface area contributed by atoms with Crippen LogP contribution in [0.5, 0.6) is 0 Å². The largest absolute Gasteiger partial charge is 0.304 e. The molecule has 2 heteroatoms. The van der Waals surface area contributed by atoms with Crippen LogP contribution < -0.4 is 5.32 Å². The summed E-state index contributed by atoms with van der Waals surface area (Å²) in [5, 5.41) is 3.56. The lowest BCUT2D eigenvalue weighted by atomic mass is 9.94. The molecule has 2 aliphatic carbocycles. The van der Waals surface area contributed by atoms with E-state index in [0.29, 0.717) is 6.04 Å². The van der Waals surface area contributed by atoms with Gasteiger partial charge < -0.3 is 5.32 Å². The van der Waals surface area contributed by atoms with E-state index in [-0.39, 0.29) is 11.8 Å². The smallest absolute Gasteiger partial charge is 0.179 e. The zero-order valence-corrected chi connectivity index (χ0v) is 10.9. The van der Waals surface area contributed by atoms with E-state index in [9.17, 15) is 4.79 Å². The van der Waals surface area contributed by atoms with Gasteiger partial charge in [-0.05, 0) is 38.0 Å². The molecule has 0 amide bonds. The Kier molecular flexibility index (Phi) is 3.21. The van der Waals surface area contributed by atoms with Crippen LogP contribution in [0, 0.1) is 11.8 Å². The summed E-state index contributed by atoms with van der Waals surface area (Å²) in [5.74, 6) is 1.96. The monoisotopic (exact) mass is 243 g/mol. The van der Waals surface area contributed by atoms with Crippen LogP contribution >= 0.6 is 0 Å². The Labute approximate surface area is 109 Å². The molecule has 96 valence electrons. The molecule has 2 bridgehead atoms. The molecule has 0 heterocycles. The van der Waals surface area contributed by atoms with Gasteiger partial charge in [0.25, 0.3) is 0 Å². The van der Waals surface area contributed by atoms with Crippen molar-refractivity contribution in [2.75, 3.05) is 0 Å². The van der Waals surface area contributed by atoms with E-state index >= 15 is 0 Å². The Bertz CT molecular complexity index is 428. The second-order valence-corrected chi connectivity index (χ2v) is 5.90. The first-order chi connectivity index (χ1) is 8.74. The lowest BCUT2D eigenvalue weighted by molar-refractivity contribution is 0.0938. The highest BCUT2D eigenvalue weighted by Gasteiger charge is 2.40. The second kappa shape index (κ2) is 4.85. The third-order valence-corrected chi connectivity index (χ3v) is 4.65. The van der Waals surface area contributed by atoms with Crippen molar-refractivity contribution in [1.29, 1.82) is 0 Å². The van der Waals surface area contributed by atoms with E-state index in [0.717, 1.165) is 17.4 Å². The van der Waals surface area contributed by atoms with E-state index in [1.54, 1.807) is 0 Å². The Morgan fingerprint density at radius 3 is 2.61 bits per heavy atom. The number of benzene rings is 1. The van der Waals surface area contributed by atoms with Crippen molar-refractivity contribution in [3.8, 4) is 0 Å². The Balaban J connectivity index is 1.62. The van der Waals surface area contributed by atoms with Crippen LogP contribution in [0.15, 0.2) is 30.3 Å². The minimum absolute atomic E-state index is 0.0586. The van der Waals surface area contributed by atoms with E-state index in [1.165, 1.54) is 25.7 Å². The Morgan fingerprint density at radius 2 is 2.00 bits per heavy atom. The molecule has 0 aromatic heterocycles. The van der Waals surface area contributed by atoms with Gasteiger partial charge in [0.05, 0.1) is 6.04 Å². The summed E-state index contributed by atoms with van der Waals surface area (Å²) in [6, 6.07) is 10.1. The number of ketones is 1. The molecule has 3 rings (SSSR count). The van der Waals surface area contributed by atoms with Gasteiger partial charge in [0.1, 0.15) is 0 Å². The predicted octanol–water partition coefficient (Wildman–Crippen LogP) is 3.04. The van der Waals surface area contributed by atoms with E-state index in [2.05, 4.69) is 5.32 Å². The number of fused-ring (bicyclic) bond motifs is 2. The standard InChI is InChI=1S/C16H21NO/c1-11(16(18)13-5-3-2-4-6-13)17-15-10-12-7-8-14(15)9-12/h2-6,11-12,14-15,17H,7-10H2,1H3. The van der Waals surface area contributed by atoms with Gasteiger partial charge in [-0.1, -0.05) is 36.8 Å². The maximum Gasteiger partial charge on any atom is 0.179 e. The zero-order valence-electron chi connectivity index (χ0n) is 10.9. The first-order valence-corrected chi connectivity index (χ1v) is 7.09. The number of Topliss-reactive ketones (excluding diaryl/α,β-unsaturated/α-hetero) is 1. The molecule has 0 radical (unpaired) electrons. The molecule has 0 saturated heterocycles. The molecule has 4 atom stereocenters. The lowest BCUT2D eigenvalue weighted by Gasteiger charge is -2.26. The van der Waals surface area contributed by atoms with Crippen molar-refractivity contribution in [2.24, 2.45) is 11.8 Å². The minimum Gasteiger partial charge on any atom is -0.304 e. The molecule has 2 fully saturated rings. The summed E-state index contributed by atoms with van der Waals surface area (Å²) in [7, 11) is 0.